The molecule has 102 valence electrons. The van der Waals surface area contributed by atoms with Crippen molar-refractivity contribution in [3.63, 3.8) is 0 Å². The Kier molecular flexibility index (Phi) is 6.06. The number of halogens is 1. The molecule has 1 atom stereocenters. The predicted molar refractivity (Wildman–Crippen MR) is 77.9 cm³/mol. The van der Waals surface area contributed by atoms with Crippen LogP contribution >= 0.6 is 15.9 Å². The molecule has 1 aromatic heterocycles. The van der Waals surface area contributed by atoms with Gasteiger partial charge in [0.2, 0.25) is 0 Å². The van der Waals surface area contributed by atoms with Crippen LogP contribution in [0, 0.1) is 5.92 Å². The molecule has 0 aromatic carbocycles. The largest absolute Gasteiger partial charge is 0.292 e. The van der Waals surface area contributed by atoms with E-state index in [1.165, 1.54) is 0 Å². The van der Waals surface area contributed by atoms with Crippen LogP contribution < -0.4 is 0 Å². The zero-order chi connectivity index (χ0) is 13.7. The van der Waals surface area contributed by atoms with Gasteiger partial charge in [0.05, 0.1) is 10.7 Å². The summed E-state index contributed by atoms with van der Waals surface area (Å²) in [7, 11) is 0. The monoisotopic (exact) mass is 314 g/mol. The minimum absolute atomic E-state index is 0.121. The van der Waals surface area contributed by atoms with Gasteiger partial charge in [-0.15, -0.1) is 0 Å². The van der Waals surface area contributed by atoms with Gasteiger partial charge in [-0.1, -0.05) is 26.7 Å². The fourth-order valence-corrected chi connectivity index (χ4v) is 2.60. The summed E-state index contributed by atoms with van der Waals surface area (Å²) in [6, 6.07) is 0.207. The molecule has 18 heavy (non-hydrogen) atoms. The highest BCUT2D eigenvalue weighted by atomic mass is 79.9. The molecule has 1 heterocycles. The van der Waals surface area contributed by atoms with Crippen LogP contribution in [0.1, 0.15) is 69.9 Å². The molecule has 0 spiro atoms. The quantitative estimate of drug-likeness (QED) is 0.688. The topological polar surface area (TPSA) is 34.9 Å². The molecule has 1 rings (SSSR count). The van der Waals surface area contributed by atoms with Crippen molar-refractivity contribution >= 4 is 21.7 Å². The van der Waals surface area contributed by atoms with Gasteiger partial charge >= 0.3 is 0 Å². The molecule has 0 bridgehead atoms. The molecule has 0 radical (unpaired) electrons. The van der Waals surface area contributed by atoms with Gasteiger partial charge in [-0.2, -0.15) is 5.10 Å². The lowest BCUT2D eigenvalue weighted by atomic mass is 9.93. The summed E-state index contributed by atoms with van der Waals surface area (Å²) >= 11 is 3.45. The standard InChI is InChI=1S/C14H23BrN2O/c1-5-7-8-11(6-2)14(18)13-12(15)9-16-17(13)10(3)4/h9-11H,5-8H2,1-4H3. The number of nitrogens with zero attached hydrogens (tertiary/aromatic N) is 2. The van der Waals surface area contributed by atoms with E-state index in [1.54, 1.807) is 6.20 Å². The highest BCUT2D eigenvalue weighted by molar-refractivity contribution is 9.10. The molecule has 1 unspecified atom stereocenters. The maximum atomic E-state index is 12.6. The molecular weight excluding hydrogens is 292 g/mol. The van der Waals surface area contributed by atoms with E-state index in [1.807, 2.05) is 18.5 Å². The van der Waals surface area contributed by atoms with Crippen LogP contribution in [0.15, 0.2) is 10.7 Å². The Morgan fingerprint density at radius 1 is 1.44 bits per heavy atom. The number of hydrogen-bond acceptors (Lipinski definition) is 2. The minimum Gasteiger partial charge on any atom is -0.292 e. The molecule has 1 aromatic rings. The molecule has 0 saturated carbocycles. The number of Topliss-reactive ketones (excluding diaryl/α,β-unsaturated/α-hetero) is 1. The van der Waals surface area contributed by atoms with E-state index in [0.717, 1.165) is 35.8 Å². The van der Waals surface area contributed by atoms with Crippen molar-refractivity contribution in [2.45, 2.75) is 59.4 Å². The molecular formula is C14H23BrN2O. The van der Waals surface area contributed by atoms with Crippen LogP contribution in [0.4, 0.5) is 0 Å². The second-order valence-electron chi connectivity index (χ2n) is 4.99. The number of rotatable bonds is 7. The van der Waals surface area contributed by atoms with Crippen molar-refractivity contribution in [3.8, 4) is 0 Å². The molecule has 0 aliphatic heterocycles. The zero-order valence-electron chi connectivity index (χ0n) is 11.7. The van der Waals surface area contributed by atoms with Gasteiger partial charge in [0.15, 0.2) is 5.78 Å². The van der Waals surface area contributed by atoms with Crippen LogP contribution in [0.2, 0.25) is 0 Å². The Morgan fingerprint density at radius 2 is 2.11 bits per heavy atom. The second kappa shape index (κ2) is 7.07. The highest BCUT2D eigenvalue weighted by Crippen LogP contribution is 2.26. The van der Waals surface area contributed by atoms with Crippen molar-refractivity contribution < 1.29 is 4.79 Å². The van der Waals surface area contributed by atoms with E-state index in [-0.39, 0.29) is 17.7 Å². The minimum atomic E-state index is 0.121. The van der Waals surface area contributed by atoms with Gasteiger partial charge in [0.25, 0.3) is 0 Å². The lowest BCUT2D eigenvalue weighted by Crippen LogP contribution is -2.20. The Bertz CT molecular complexity index is 398. The average molecular weight is 315 g/mol. The third-order valence-electron chi connectivity index (χ3n) is 3.24. The molecule has 0 fully saturated rings. The summed E-state index contributed by atoms with van der Waals surface area (Å²) in [5.74, 6) is 0.347. The first-order chi connectivity index (χ1) is 8.52. The van der Waals surface area contributed by atoms with Crippen LogP contribution in [-0.2, 0) is 0 Å². The van der Waals surface area contributed by atoms with E-state index in [9.17, 15) is 4.79 Å². The van der Waals surface area contributed by atoms with E-state index < -0.39 is 0 Å². The molecule has 0 aliphatic rings. The first-order valence-corrected chi connectivity index (χ1v) is 7.59. The van der Waals surface area contributed by atoms with E-state index in [2.05, 4.69) is 34.9 Å². The summed E-state index contributed by atoms with van der Waals surface area (Å²) < 4.78 is 2.64. The van der Waals surface area contributed by atoms with Crippen molar-refractivity contribution in [3.05, 3.63) is 16.4 Å². The van der Waals surface area contributed by atoms with E-state index in [4.69, 9.17) is 0 Å². The van der Waals surface area contributed by atoms with Crippen molar-refractivity contribution in [1.82, 2.24) is 9.78 Å². The smallest absolute Gasteiger partial charge is 0.185 e. The van der Waals surface area contributed by atoms with Gasteiger partial charge in [-0.25, -0.2) is 0 Å². The average Bonchev–Trinajstić information content (AvgIpc) is 2.72. The lowest BCUT2D eigenvalue weighted by Gasteiger charge is -2.16. The lowest BCUT2D eigenvalue weighted by molar-refractivity contribution is 0.0894. The molecule has 0 N–H and O–H groups in total. The van der Waals surface area contributed by atoms with Gasteiger partial charge in [0.1, 0.15) is 5.69 Å². The van der Waals surface area contributed by atoms with Crippen LogP contribution in [-0.4, -0.2) is 15.6 Å². The summed E-state index contributed by atoms with van der Waals surface area (Å²) in [5, 5.41) is 4.28. The predicted octanol–water partition coefficient (Wildman–Crippen LogP) is 4.63. The number of hydrogen-bond donors (Lipinski definition) is 0. The summed E-state index contributed by atoms with van der Waals surface area (Å²) in [6.07, 6.45) is 5.84. The first-order valence-electron chi connectivity index (χ1n) is 6.80. The van der Waals surface area contributed by atoms with E-state index in [0.29, 0.717) is 0 Å². The molecule has 0 amide bonds. The summed E-state index contributed by atoms with van der Waals surface area (Å²) in [4.78, 5) is 12.6. The van der Waals surface area contributed by atoms with Crippen molar-refractivity contribution in [2.75, 3.05) is 0 Å². The highest BCUT2D eigenvalue weighted by Gasteiger charge is 2.25. The van der Waals surface area contributed by atoms with Gasteiger partial charge < -0.3 is 0 Å². The Hall–Kier alpha value is -0.640. The fraction of sp³-hybridized carbons (Fsp3) is 0.714. The van der Waals surface area contributed by atoms with Gasteiger partial charge in [-0.05, 0) is 42.6 Å². The first kappa shape index (κ1) is 15.4. The Labute approximate surface area is 118 Å². The Morgan fingerprint density at radius 3 is 2.61 bits per heavy atom. The van der Waals surface area contributed by atoms with Crippen molar-refractivity contribution in [2.24, 2.45) is 5.92 Å². The maximum Gasteiger partial charge on any atom is 0.185 e. The molecule has 4 heteroatoms. The fourth-order valence-electron chi connectivity index (χ4n) is 2.13. The van der Waals surface area contributed by atoms with Crippen LogP contribution in [0.25, 0.3) is 0 Å². The van der Waals surface area contributed by atoms with Gasteiger partial charge in [0, 0.05) is 12.0 Å². The van der Waals surface area contributed by atoms with E-state index >= 15 is 0 Å². The maximum absolute atomic E-state index is 12.6. The summed E-state index contributed by atoms with van der Waals surface area (Å²) in [5.41, 5.74) is 0.730. The third-order valence-corrected chi connectivity index (χ3v) is 3.82. The van der Waals surface area contributed by atoms with Crippen LogP contribution in [0.3, 0.4) is 0 Å². The molecule has 0 saturated heterocycles. The normalized spacial score (nSPS) is 13.0. The molecule has 3 nitrogen and oxygen atoms in total. The molecule has 0 aliphatic carbocycles. The third kappa shape index (κ3) is 3.44. The summed E-state index contributed by atoms with van der Waals surface area (Å²) in [6.45, 7) is 8.33. The SMILES string of the molecule is CCCCC(CC)C(=O)c1c(Br)cnn1C(C)C. The number of unbranched alkanes of at least 4 members (excludes halogenated alkanes) is 1. The van der Waals surface area contributed by atoms with Gasteiger partial charge in [-0.3, -0.25) is 9.48 Å². The number of aromatic nitrogens is 2. The Balaban J connectivity index is 2.97. The second-order valence-corrected chi connectivity index (χ2v) is 5.85. The number of carbonyl (C=O) groups excluding carboxylic acids is 1. The zero-order valence-corrected chi connectivity index (χ0v) is 13.3. The number of carbonyl (C=O) groups is 1. The van der Waals surface area contributed by atoms with Crippen molar-refractivity contribution in [1.29, 1.82) is 0 Å². The van der Waals surface area contributed by atoms with Crippen LogP contribution in [0.5, 0.6) is 0 Å². The number of ketones is 1.